The van der Waals surface area contributed by atoms with E-state index in [4.69, 9.17) is 0 Å². The molecule has 0 atom stereocenters. The molecule has 1 fully saturated rings. The molecule has 1 aliphatic carbocycles. The van der Waals surface area contributed by atoms with Crippen molar-refractivity contribution in [3.63, 3.8) is 0 Å². The van der Waals surface area contributed by atoms with Gasteiger partial charge in [0, 0.05) is 14.1 Å². The maximum atomic E-state index is 12.5. The predicted molar refractivity (Wildman–Crippen MR) is 86.5 cm³/mol. The highest BCUT2D eigenvalue weighted by Gasteiger charge is 2.35. The van der Waals surface area contributed by atoms with Crippen LogP contribution in [0.5, 0.6) is 0 Å². The second kappa shape index (κ2) is 5.60. The first-order valence-electron chi connectivity index (χ1n) is 7.69. The van der Waals surface area contributed by atoms with E-state index >= 15 is 0 Å². The summed E-state index contributed by atoms with van der Waals surface area (Å²) in [7, 11) is 2.88. The fourth-order valence-corrected chi connectivity index (χ4v) is 3.11. The number of hydrogen-bond donors (Lipinski definition) is 1. The lowest BCUT2D eigenvalue weighted by Crippen LogP contribution is -2.45. The maximum Gasteiger partial charge on any atom is 0.332 e. The van der Waals surface area contributed by atoms with Gasteiger partial charge in [0.15, 0.2) is 0 Å². The van der Waals surface area contributed by atoms with Crippen LogP contribution in [0.25, 0.3) is 11.0 Å². The van der Waals surface area contributed by atoms with E-state index in [1.807, 2.05) is 0 Å². The van der Waals surface area contributed by atoms with Crippen molar-refractivity contribution in [3.8, 4) is 6.07 Å². The summed E-state index contributed by atoms with van der Waals surface area (Å²) in [6, 6.07) is 5.10. The molecule has 24 heavy (non-hydrogen) atoms. The van der Waals surface area contributed by atoms with E-state index in [9.17, 15) is 19.6 Å². The molecule has 0 bridgehead atoms. The van der Waals surface area contributed by atoms with Gasteiger partial charge in [0.2, 0.25) is 0 Å². The zero-order valence-electron chi connectivity index (χ0n) is 13.5. The normalized spacial score (nSPS) is 16.0. The summed E-state index contributed by atoms with van der Waals surface area (Å²) in [4.78, 5) is 40.8. The number of aryl methyl sites for hydroxylation is 1. The van der Waals surface area contributed by atoms with Crippen LogP contribution in [0.4, 0.5) is 0 Å². The summed E-state index contributed by atoms with van der Waals surface area (Å²) in [6.45, 7) is 0. The van der Waals surface area contributed by atoms with Crippen molar-refractivity contribution < 1.29 is 4.79 Å². The van der Waals surface area contributed by atoms with Crippen LogP contribution < -0.4 is 16.6 Å². The topological polar surface area (TPSA) is 110 Å². The average Bonchev–Trinajstić information content (AvgIpc) is 3.06. The quantitative estimate of drug-likeness (QED) is 0.847. The number of amides is 1. The first-order valence-corrected chi connectivity index (χ1v) is 7.69. The van der Waals surface area contributed by atoms with E-state index in [-0.39, 0.29) is 16.7 Å². The minimum absolute atomic E-state index is 0.0762. The Kier molecular flexibility index (Phi) is 3.72. The van der Waals surface area contributed by atoms with Crippen LogP contribution in [0.1, 0.15) is 36.2 Å². The van der Waals surface area contributed by atoms with Crippen LogP contribution in [-0.4, -0.2) is 25.6 Å². The highest BCUT2D eigenvalue weighted by atomic mass is 16.2. The second-order valence-corrected chi connectivity index (χ2v) is 6.13. The first-order chi connectivity index (χ1) is 11.4. The Morgan fingerprint density at radius 3 is 2.54 bits per heavy atom. The van der Waals surface area contributed by atoms with Crippen LogP contribution in [-0.2, 0) is 14.1 Å². The number of fused-ring (bicyclic) bond motifs is 1. The smallest absolute Gasteiger partial charge is 0.332 e. The fourth-order valence-electron chi connectivity index (χ4n) is 3.11. The van der Waals surface area contributed by atoms with Crippen molar-refractivity contribution in [1.82, 2.24) is 19.4 Å². The zero-order chi connectivity index (χ0) is 17.5. The molecule has 1 aliphatic rings. The molecule has 0 unspecified atom stereocenters. The van der Waals surface area contributed by atoms with Gasteiger partial charge in [-0.1, -0.05) is 0 Å². The summed E-state index contributed by atoms with van der Waals surface area (Å²) < 4.78 is 2.22. The van der Waals surface area contributed by atoms with Gasteiger partial charge >= 0.3 is 5.69 Å². The number of rotatable bonds is 2. The number of nitriles is 1. The highest BCUT2D eigenvalue weighted by Crippen LogP contribution is 2.29. The maximum absolute atomic E-state index is 12.5. The van der Waals surface area contributed by atoms with Gasteiger partial charge in [-0.3, -0.25) is 18.7 Å². The van der Waals surface area contributed by atoms with Gasteiger partial charge < -0.3 is 5.32 Å². The molecule has 8 nitrogen and oxygen atoms in total. The summed E-state index contributed by atoms with van der Waals surface area (Å²) in [6.07, 6.45) is 3.01. The number of nitrogens with one attached hydrogen (secondary N) is 1. The van der Waals surface area contributed by atoms with Crippen LogP contribution in [0.3, 0.4) is 0 Å². The van der Waals surface area contributed by atoms with Crippen molar-refractivity contribution >= 4 is 16.9 Å². The molecule has 124 valence electrons. The molecule has 0 radical (unpaired) electrons. The molecule has 0 saturated heterocycles. The zero-order valence-corrected chi connectivity index (χ0v) is 13.5. The average molecular weight is 327 g/mol. The van der Waals surface area contributed by atoms with Gasteiger partial charge in [0.25, 0.3) is 11.5 Å². The lowest BCUT2D eigenvalue weighted by Gasteiger charge is -2.21. The van der Waals surface area contributed by atoms with E-state index in [1.165, 1.54) is 30.8 Å². The van der Waals surface area contributed by atoms with Crippen LogP contribution >= 0.6 is 0 Å². The van der Waals surface area contributed by atoms with Gasteiger partial charge in [-0.05, 0) is 37.8 Å². The first kappa shape index (κ1) is 15.9. The lowest BCUT2D eigenvalue weighted by atomic mass is 9.99. The van der Waals surface area contributed by atoms with E-state index in [1.54, 1.807) is 0 Å². The molecule has 8 heteroatoms. The molecular weight excluding hydrogens is 310 g/mol. The molecule has 0 spiro atoms. The second-order valence-electron chi connectivity index (χ2n) is 6.13. The van der Waals surface area contributed by atoms with E-state index in [0.29, 0.717) is 12.8 Å². The Morgan fingerprint density at radius 2 is 1.92 bits per heavy atom. The molecule has 0 aliphatic heterocycles. The highest BCUT2D eigenvalue weighted by molar-refractivity contribution is 5.95. The largest absolute Gasteiger partial charge is 0.332 e. The molecule has 2 aromatic rings. The Hall–Kier alpha value is -2.95. The van der Waals surface area contributed by atoms with Crippen molar-refractivity contribution in [1.29, 1.82) is 5.26 Å². The Morgan fingerprint density at radius 1 is 1.25 bits per heavy atom. The van der Waals surface area contributed by atoms with Gasteiger partial charge in [-0.15, -0.1) is 0 Å². The number of aromatic nitrogens is 3. The monoisotopic (exact) mass is 327 g/mol. The SMILES string of the molecule is Cn1c(=O)c2ccc(C(=O)NC3(C#N)CCCC3)nc2n(C)c1=O. The Balaban J connectivity index is 2.05. The van der Waals surface area contributed by atoms with E-state index in [0.717, 1.165) is 17.4 Å². The van der Waals surface area contributed by atoms with E-state index in [2.05, 4.69) is 16.4 Å². The fraction of sp³-hybridized carbons (Fsp3) is 0.438. The predicted octanol–water partition coefficient (Wildman–Crippen LogP) is 0.198. The van der Waals surface area contributed by atoms with Crippen molar-refractivity contribution in [2.45, 2.75) is 31.2 Å². The summed E-state index contributed by atoms with van der Waals surface area (Å²) in [5, 5.41) is 12.4. The van der Waals surface area contributed by atoms with Crippen LogP contribution in [0.2, 0.25) is 0 Å². The minimum Gasteiger partial charge on any atom is -0.332 e. The Bertz CT molecular complexity index is 990. The molecule has 2 aromatic heterocycles. The van der Waals surface area contributed by atoms with Gasteiger partial charge in [-0.25, -0.2) is 9.78 Å². The van der Waals surface area contributed by atoms with E-state index < -0.39 is 22.7 Å². The van der Waals surface area contributed by atoms with Gasteiger partial charge in [0.05, 0.1) is 11.5 Å². The van der Waals surface area contributed by atoms with Gasteiger partial charge in [0.1, 0.15) is 16.9 Å². The molecule has 1 saturated carbocycles. The van der Waals surface area contributed by atoms with Crippen LogP contribution in [0, 0.1) is 11.3 Å². The standard InChI is InChI=1S/C16H17N5O3/c1-20-12-10(14(23)21(2)15(20)24)5-6-11(18-12)13(22)19-16(9-17)7-3-4-8-16/h5-6H,3-4,7-8H2,1-2H3,(H,19,22). The van der Waals surface area contributed by atoms with Crippen molar-refractivity contribution in [2.75, 3.05) is 0 Å². The molecule has 2 heterocycles. The molecule has 0 aromatic carbocycles. The number of pyridine rings is 1. The lowest BCUT2D eigenvalue weighted by molar-refractivity contribution is 0.0916. The molecule has 1 amide bonds. The third-order valence-corrected chi connectivity index (χ3v) is 4.56. The number of nitrogens with zero attached hydrogens (tertiary/aromatic N) is 4. The summed E-state index contributed by atoms with van der Waals surface area (Å²) in [5.74, 6) is -0.478. The van der Waals surface area contributed by atoms with Crippen molar-refractivity contribution in [2.24, 2.45) is 14.1 Å². The number of carbonyl (C=O) groups excluding carboxylic acids is 1. The number of carbonyl (C=O) groups is 1. The van der Waals surface area contributed by atoms with Crippen molar-refractivity contribution in [3.05, 3.63) is 38.7 Å². The molecule has 3 rings (SSSR count). The summed E-state index contributed by atoms with van der Waals surface area (Å²) in [5.41, 5.74) is -1.61. The minimum atomic E-state index is -0.855. The molecule has 1 N–H and O–H groups in total. The third kappa shape index (κ3) is 2.38. The molecular formula is C16H17N5O3. The Labute approximate surface area is 137 Å². The number of hydrogen-bond acceptors (Lipinski definition) is 5. The van der Waals surface area contributed by atoms with Crippen LogP contribution in [0.15, 0.2) is 21.7 Å². The summed E-state index contributed by atoms with van der Waals surface area (Å²) >= 11 is 0. The third-order valence-electron chi connectivity index (χ3n) is 4.56. The van der Waals surface area contributed by atoms with Gasteiger partial charge in [-0.2, -0.15) is 5.26 Å².